The standard InChI is InChI=1S/C46H78N2O33/c1-10-21(55)26(60)30(64)42(69-10)78-36-19(47-13(4)53)40(68)72-17(8-51)34(36)76-45-33(67)38(25(59)16(7-50)73-45)80-41-20(48-14(5)54)37(79-43-31(65)27(61)22(56)11(2)70-43)35(18(9-52)75-41)77-46-39(29(63)24(58)15(6-49)74-46)81-44-32(66)28(62)23(57)12(3)71-44/h10-12,15-46,49-52,55-68H,6-9H2,1-5H3,(H,47,53)(H,48,54)/t10?,11?,12-,15-,16-,17?,18?,19-,20-,21+,22+,23+,24-,25-,26-,27-,28?,29?,30?,31?,32?,33?,34+,35+,36?,37?,38?,39?,40+,41-,42-,43-,44-,45-,46-/m0/s1. The lowest BCUT2D eigenvalue weighted by atomic mass is 9.93. The van der Waals surface area contributed by atoms with Crippen molar-refractivity contribution >= 4 is 11.8 Å². The van der Waals surface area contributed by atoms with Gasteiger partial charge in [-0.3, -0.25) is 9.59 Å². The van der Waals surface area contributed by atoms with E-state index in [9.17, 15) is 102 Å². The molecule has 35 heteroatoms. The minimum atomic E-state index is -2.30. The first-order chi connectivity index (χ1) is 38.2. The number of amides is 2. The number of rotatable bonds is 18. The zero-order valence-electron chi connectivity index (χ0n) is 44.2. The molecule has 470 valence electrons. The van der Waals surface area contributed by atoms with Gasteiger partial charge in [0.25, 0.3) is 0 Å². The lowest BCUT2D eigenvalue weighted by molar-refractivity contribution is -0.401. The van der Waals surface area contributed by atoms with Crippen molar-refractivity contribution in [2.45, 2.75) is 249 Å². The highest BCUT2D eigenvalue weighted by Crippen LogP contribution is 2.39. The molecule has 7 saturated heterocycles. The van der Waals surface area contributed by atoms with Gasteiger partial charge in [-0.2, -0.15) is 0 Å². The number of aliphatic hydroxyl groups is 18. The first-order valence-corrected chi connectivity index (χ1v) is 26.2. The van der Waals surface area contributed by atoms with Crippen LogP contribution < -0.4 is 10.6 Å². The zero-order valence-corrected chi connectivity index (χ0v) is 44.2. The van der Waals surface area contributed by atoms with Crippen LogP contribution in [-0.4, -0.2) is 345 Å². The lowest BCUT2D eigenvalue weighted by Crippen LogP contribution is -2.72. The molecule has 7 fully saturated rings. The van der Waals surface area contributed by atoms with Crippen LogP contribution in [-0.2, 0) is 71.2 Å². The van der Waals surface area contributed by atoms with Crippen LogP contribution in [0.1, 0.15) is 34.6 Å². The molecule has 0 spiro atoms. The summed E-state index contributed by atoms with van der Waals surface area (Å²) in [4.78, 5) is 25.8. The fraction of sp³-hybridized carbons (Fsp3) is 0.957. The quantitative estimate of drug-likeness (QED) is 0.0606. The molecule has 0 radical (unpaired) electrons. The largest absolute Gasteiger partial charge is 0.394 e. The summed E-state index contributed by atoms with van der Waals surface area (Å²) in [6, 6.07) is -3.58. The second kappa shape index (κ2) is 28.0. The summed E-state index contributed by atoms with van der Waals surface area (Å²) in [6.45, 7) is 1.71. The summed E-state index contributed by atoms with van der Waals surface area (Å²) in [5, 5.41) is 201. The first kappa shape index (κ1) is 66.2. The van der Waals surface area contributed by atoms with Gasteiger partial charge < -0.3 is 164 Å². The van der Waals surface area contributed by atoms with Crippen LogP contribution in [0.5, 0.6) is 0 Å². The van der Waals surface area contributed by atoms with Gasteiger partial charge in [-0.1, -0.05) is 0 Å². The summed E-state index contributed by atoms with van der Waals surface area (Å²) < 4.78 is 77.2. The Morgan fingerprint density at radius 3 is 1.10 bits per heavy atom. The highest BCUT2D eigenvalue weighted by Gasteiger charge is 2.60. The Kier molecular flexibility index (Phi) is 22.9. The molecule has 14 unspecified atom stereocenters. The van der Waals surface area contributed by atoms with Gasteiger partial charge in [-0.25, -0.2) is 0 Å². The fourth-order valence-electron chi connectivity index (χ4n) is 10.6. The van der Waals surface area contributed by atoms with Crippen LogP contribution in [0.25, 0.3) is 0 Å². The maximum Gasteiger partial charge on any atom is 0.217 e. The van der Waals surface area contributed by atoms with E-state index < -0.39 is 253 Å². The van der Waals surface area contributed by atoms with Gasteiger partial charge in [0.1, 0.15) is 152 Å². The predicted molar refractivity (Wildman–Crippen MR) is 251 cm³/mol. The van der Waals surface area contributed by atoms with Crippen LogP contribution >= 0.6 is 0 Å². The number of carbonyl (C=O) groups excluding carboxylic acids is 2. The number of nitrogens with one attached hydrogen (secondary N) is 2. The van der Waals surface area contributed by atoms with E-state index >= 15 is 0 Å². The van der Waals surface area contributed by atoms with Crippen LogP contribution in [0.3, 0.4) is 0 Å². The van der Waals surface area contributed by atoms with Crippen LogP contribution in [0.2, 0.25) is 0 Å². The third kappa shape index (κ3) is 14.1. The van der Waals surface area contributed by atoms with E-state index in [4.69, 9.17) is 61.6 Å². The maximum atomic E-state index is 13.3. The van der Waals surface area contributed by atoms with Crippen molar-refractivity contribution in [3.63, 3.8) is 0 Å². The second-order valence-electron chi connectivity index (χ2n) is 21.0. The van der Waals surface area contributed by atoms with Crippen molar-refractivity contribution < 1.29 is 163 Å². The summed E-state index contributed by atoms with van der Waals surface area (Å²) in [5.41, 5.74) is 0. The summed E-state index contributed by atoms with van der Waals surface area (Å²) >= 11 is 0. The van der Waals surface area contributed by atoms with Gasteiger partial charge in [0.05, 0.1) is 44.7 Å². The van der Waals surface area contributed by atoms with Crippen molar-refractivity contribution in [2.24, 2.45) is 0 Å². The van der Waals surface area contributed by atoms with Crippen LogP contribution in [0.4, 0.5) is 0 Å². The Hall–Kier alpha value is -2.30. The number of hydrogen-bond donors (Lipinski definition) is 20. The predicted octanol–water partition coefficient (Wildman–Crippen LogP) is -12.9. The lowest BCUT2D eigenvalue weighted by Gasteiger charge is -2.52. The zero-order chi connectivity index (χ0) is 59.8. The van der Waals surface area contributed by atoms with Crippen molar-refractivity contribution in [3.05, 3.63) is 0 Å². The topological polar surface area (TPSA) is 542 Å². The number of hydrogen-bond acceptors (Lipinski definition) is 33. The van der Waals surface area contributed by atoms with Crippen molar-refractivity contribution in [2.75, 3.05) is 26.4 Å². The minimum Gasteiger partial charge on any atom is -0.394 e. The van der Waals surface area contributed by atoms with E-state index in [1.165, 1.54) is 20.8 Å². The van der Waals surface area contributed by atoms with E-state index in [2.05, 4.69) is 10.6 Å². The average Bonchev–Trinajstić information content (AvgIpc) is 3.63. The number of aliphatic hydroxyl groups excluding tert-OH is 18. The van der Waals surface area contributed by atoms with E-state index in [1.807, 2.05) is 0 Å². The maximum absolute atomic E-state index is 13.3. The Balaban J connectivity index is 1.24. The first-order valence-electron chi connectivity index (χ1n) is 26.2. The van der Waals surface area contributed by atoms with Gasteiger partial charge in [0.2, 0.25) is 11.8 Å². The van der Waals surface area contributed by atoms with Gasteiger partial charge in [-0.15, -0.1) is 0 Å². The van der Waals surface area contributed by atoms with Gasteiger partial charge in [-0.05, 0) is 20.8 Å². The van der Waals surface area contributed by atoms with Crippen molar-refractivity contribution in [1.29, 1.82) is 0 Å². The van der Waals surface area contributed by atoms with Crippen LogP contribution in [0.15, 0.2) is 0 Å². The molecule has 0 aliphatic carbocycles. The molecule has 7 aliphatic rings. The SMILES string of the molecule is CC(=O)N[C@H]1C(O[C@@H]2OC(C)[C@@H](O)[C@H](O)C2O)[C@H](O[C@@H]2O[C@@H](CO)[C@H](O)C(O)C2O[C@@H]2O[C@@H](C)[C@@H](O)C(O)C2O)C(CO)O[C@H]1OC1C(O)[C@H](O[C@@H]2C(CO)O[C@@H](O)[C@@H](NC(C)=O)C2O[C@@H]2OC(C)[C@@H](O)[C@H](O)C2O)O[C@@H](CO)[C@@H]1O. The molecule has 7 aliphatic heterocycles. The molecule has 20 N–H and O–H groups in total. The smallest absolute Gasteiger partial charge is 0.217 e. The van der Waals surface area contributed by atoms with Crippen molar-refractivity contribution in [1.82, 2.24) is 10.6 Å². The molecule has 35 atom stereocenters. The molecule has 2 amide bonds. The third-order valence-electron chi connectivity index (χ3n) is 15.2. The molecule has 7 heterocycles. The highest BCUT2D eigenvalue weighted by atomic mass is 16.8. The third-order valence-corrected chi connectivity index (χ3v) is 15.2. The average molecular weight is 1190 g/mol. The van der Waals surface area contributed by atoms with Crippen LogP contribution in [0, 0.1) is 0 Å². The second-order valence-corrected chi connectivity index (χ2v) is 21.0. The summed E-state index contributed by atoms with van der Waals surface area (Å²) in [5.74, 6) is -1.72. The van der Waals surface area contributed by atoms with Gasteiger partial charge >= 0.3 is 0 Å². The van der Waals surface area contributed by atoms with E-state index in [0.717, 1.165) is 13.8 Å². The van der Waals surface area contributed by atoms with E-state index in [0.29, 0.717) is 0 Å². The molecular formula is C46H78N2O33. The molecule has 0 aromatic rings. The Morgan fingerprint density at radius 1 is 0.321 bits per heavy atom. The normalized spacial score (nSPS) is 51.8. The van der Waals surface area contributed by atoms with Crippen molar-refractivity contribution in [3.8, 4) is 0 Å². The molecule has 0 aromatic heterocycles. The Labute approximate surface area is 460 Å². The van der Waals surface area contributed by atoms with Gasteiger partial charge in [0, 0.05) is 13.8 Å². The fourth-order valence-corrected chi connectivity index (χ4v) is 10.6. The molecule has 81 heavy (non-hydrogen) atoms. The minimum absolute atomic E-state index is 0.793. The Bertz CT molecular complexity index is 2010. The molecule has 0 bridgehead atoms. The molecule has 0 saturated carbocycles. The van der Waals surface area contributed by atoms with E-state index in [1.54, 1.807) is 0 Å². The highest BCUT2D eigenvalue weighted by molar-refractivity contribution is 5.73. The van der Waals surface area contributed by atoms with Gasteiger partial charge in [0.15, 0.2) is 44.0 Å². The van der Waals surface area contributed by atoms with E-state index in [-0.39, 0.29) is 0 Å². The number of ether oxygens (including phenoxy) is 13. The monoisotopic (exact) mass is 1190 g/mol. The summed E-state index contributed by atoms with van der Waals surface area (Å²) in [6.07, 6.45) is -61.9. The molecule has 7 rings (SSSR count). The summed E-state index contributed by atoms with van der Waals surface area (Å²) in [7, 11) is 0. The number of carbonyl (C=O) groups is 2. The molecule has 0 aromatic carbocycles. The Morgan fingerprint density at radius 2 is 0.654 bits per heavy atom. The molecular weight excluding hydrogens is 1110 g/mol. The molecule has 35 nitrogen and oxygen atoms in total.